The molecular weight excluding hydrogens is 213 g/mol. The molecule has 1 aromatic carbocycles. The molecule has 4 nitrogen and oxygen atoms in total. The van der Waals surface area contributed by atoms with E-state index in [0.717, 1.165) is 5.56 Å². The van der Waals surface area contributed by atoms with Gasteiger partial charge in [0, 0.05) is 5.56 Å². The van der Waals surface area contributed by atoms with Crippen LogP contribution in [-0.2, 0) is 9.59 Å². The maximum Gasteiger partial charge on any atom is 0.305 e. The number of carbonyl (C=O) groups excluding carboxylic acids is 1. The Labute approximate surface area is 92.1 Å². The third-order valence-corrected chi connectivity index (χ3v) is 2.17. The molecule has 16 heavy (non-hydrogen) atoms. The lowest BCUT2D eigenvalue weighted by molar-refractivity contribution is -0.137. The number of aryl methyl sites for hydroxylation is 1. The van der Waals surface area contributed by atoms with Crippen molar-refractivity contribution >= 4 is 12.4 Å². The Kier molecular flexibility index (Phi) is 3.99. The van der Waals surface area contributed by atoms with E-state index in [0.29, 0.717) is 6.41 Å². The van der Waals surface area contributed by atoms with Crippen LogP contribution in [0.5, 0.6) is 0 Å². The SMILES string of the molecule is Cc1ccc(F)c(C(CC(=O)O)NC=O)c1. The van der Waals surface area contributed by atoms with Gasteiger partial charge in [0.1, 0.15) is 5.82 Å². The molecule has 0 spiro atoms. The molecule has 0 radical (unpaired) electrons. The van der Waals surface area contributed by atoms with Crippen molar-refractivity contribution in [3.63, 3.8) is 0 Å². The van der Waals surface area contributed by atoms with Gasteiger partial charge in [-0.3, -0.25) is 9.59 Å². The zero-order valence-electron chi connectivity index (χ0n) is 8.74. The van der Waals surface area contributed by atoms with E-state index >= 15 is 0 Å². The Morgan fingerprint density at radius 3 is 2.88 bits per heavy atom. The largest absolute Gasteiger partial charge is 0.481 e. The molecule has 5 heteroatoms. The van der Waals surface area contributed by atoms with Crippen molar-refractivity contribution in [3.05, 3.63) is 35.1 Å². The van der Waals surface area contributed by atoms with E-state index in [1.807, 2.05) is 0 Å². The van der Waals surface area contributed by atoms with Crippen LogP contribution in [0.1, 0.15) is 23.6 Å². The average molecular weight is 225 g/mol. The normalized spacial score (nSPS) is 11.9. The van der Waals surface area contributed by atoms with Gasteiger partial charge in [-0.05, 0) is 13.0 Å². The fourth-order valence-electron chi connectivity index (χ4n) is 1.45. The molecule has 1 aromatic rings. The van der Waals surface area contributed by atoms with Crippen molar-refractivity contribution in [1.29, 1.82) is 0 Å². The summed E-state index contributed by atoms with van der Waals surface area (Å²) in [7, 11) is 0. The van der Waals surface area contributed by atoms with Gasteiger partial charge in [0.2, 0.25) is 6.41 Å². The summed E-state index contributed by atoms with van der Waals surface area (Å²) in [6, 6.07) is 3.53. The van der Waals surface area contributed by atoms with Crippen molar-refractivity contribution in [1.82, 2.24) is 5.32 Å². The van der Waals surface area contributed by atoms with Crippen molar-refractivity contribution in [3.8, 4) is 0 Å². The number of benzene rings is 1. The van der Waals surface area contributed by atoms with Gasteiger partial charge in [-0.1, -0.05) is 17.7 Å². The highest BCUT2D eigenvalue weighted by Gasteiger charge is 2.18. The van der Waals surface area contributed by atoms with E-state index < -0.39 is 17.8 Å². The third-order valence-electron chi connectivity index (χ3n) is 2.17. The molecule has 86 valence electrons. The van der Waals surface area contributed by atoms with Crippen LogP contribution in [0, 0.1) is 12.7 Å². The Morgan fingerprint density at radius 1 is 1.62 bits per heavy atom. The van der Waals surface area contributed by atoms with Crippen LogP contribution >= 0.6 is 0 Å². The summed E-state index contributed by atoms with van der Waals surface area (Å²) < 4.78 is 13.4. The molecule has 0 aliphatic heterocycles. The van der Waals surface area contributed by atoms with Gasteiger partial charge in [-0.15, -0.1) is 0 Å². The maximum atomic E-state index is 13.4. The number of nitrogens with one attached hydrogen (secondary N) is 1. The van der Waals surface area contributed by atoms with Crippen molar-refractivity contribution in [2.75, 3.05) is 0 Å². The molecule has 0 aliphatic rings. The zero-order valence-corrected chi connectivity index (χ0v) is 8.74. The third kappa shape index (κ3) is 3.05. The monoisotopic (exact) mass is 225 g/mol. The van der Waals surface area contributed by atoms with E-state index in [9.17, 15) is 14.0 Å². The van der Waals surface area contributed by atoms with Crippen molar-refractivity contribution in [2.24, 2.45) is 0 Å². The lowest BCUT2D eigenvalue weighted by Gasteiger charge is -2.15. The molecule has 1 atom stereocenters. The van der Waals surface area contributed by atoms with Crippen LogP contribution in [0.2, 0.25) is 0 Å². The molecule has 0 bridgehead atoms. The van der Waals surface area contributed by atoms with Gasteiger partial charge in [-0.25, -0.2) is 4.39 Å². The van der Waals surface area contributed by atoms with Gasteiger partial charge >= 0.3 is 5.97 Å². The molecule has 0 saturated heterocycles. The number of carbonyl (C=O) groups is 2. The fraction of sp³-hybridized carbons (Fsp3) is 0.273. The number of carboxylic acid groups (broad SMARTS) is 1. The van der Waals surface area contributed by atoms with Crippen LogP contribution in [0.3, 0.4) is 0 Å². The van der Waals surface area contributed by atoms with E-state index in [4.69, 9.17) is 5.11 Å². The second-order valence-corrected chi connectivity index (χ2v) is 3.46. The Bertz CT molecular complexity index is 406. The number of amides is 1. The summed E-state index contributed by atoms with van der Waals surface area (Å²) in [4.78, 5) is 20.9. The molecule has 0 saturated carbocycles. The zero-order chi connectivity index (χ0) is 12.1. The van der Waals surface area contributed by atoms with Crippen LogP contribution in [0.25, 0.3) is 0 Å². The summed E-state index contributed by atoms with van der Waals surface area (Å²) in [6.07, 6.45) is 0.0223. The molecule has 2 N–H and O–H groups in total. The van der Waals surface area contributed by atoms with E-state index in [1.54, 1.807) is 13.0 Å². The molecule has 0 fully saturated rings. The topological polar surface area (TPSA) is 66.4 Å². The van der Waals surface area contributed by atoms with Crippen molar-refractivity contribution in [2.45, 2.75) is 19.4 Å². The number of carboxylic acids is 1. The molecular formula is C11H12FNO3. The molecule has 1 amide bonds. The first-order chi connectivity index (χ1) is 7.54. The van der Waals surface area contributed by atoms with E-state index in [-0.39, 0.29) is 12.0 Å². The number of rotatable bonds is 5. The summed E-state index contributed by atoms with van der Waals surface area (Å²) >= 11 is 0. The highest BCUT2D eigenvalue weighted by Crippen LogP contribution is 2.21. The molecule has 0 aromatic heterocycles. The van der Waals surface area contributed by atoms with Crippen LogP contribution < -0.4 is 5.32 Å². The van der Waals surface area contributed by atoms with E-state index in [1.165, 1.54) is 12.1 Å². The number of halogens is 1. The first kappa shape index (κ1) is 12.2. The van der Waals surface area contributed by atoms with Gasteiger partial charge < -0.3 is 10.4 Å². The molecule has 0 aliphatic carbocycles. The first-order valence-electron chi connectivity index (χ1n) is 4.72. The van der Waals surface area contributed by atoms with Gasteiger partial charge in [0.15, 0.2) is 0 Å². The number of hydrogen-bond acceptors (Lipinski definition) is 2. The Hall–Kier alpha value is -1.91. The van der Waals surface area contributed by atoms with Gasteiger partial charge in [0.25, 0.3) is 0 Å². The molecule has 1 unspecified atom stereocenters. The van der Waals surface area contributed by atoms with Crippen LogP contribution in [0.4, 0.5) is 4.39 Å². The summed E-state index contributed by atoms with van der Waals surface area (Å²) in [5, 5.41) is 11.0. The Balaban J connectivity index is 3.03. The summed E-state index contributed by atoms with van der Waals surface area (Å²) in [5.74, 6) is -1.62. The number of hydrogen-bond donors (Lipinski definition) is 2. The lowest BCUT2D eigenvalue weighted by atomic mass is 10.0. The lowest BCUT2D eigenvalue weighted by Crippen LogP contribution is -2.23. The summed E-state index contributed by atoms with van der Waals surface area (Å²) in [6.45, 7) is 1.77. The van der Waals surface area contributed by atoms with Crippen LogP contribution in [-0.4, -0.2) is 17.5 Å². The first-order valence-corrected chi connectivity index (χ1v) is 4.72. The number of aliphatic carboxylic acids is 1. The predicted molar refractivity (Wildman–Crippen MR) is 55.3 cm³/mol. The van der Waals surface area contributed by atoms with E-state index in [2.05, 4.69) is 5.32 Å². The Morgan fingerprint density at radius 2 is 2.31 bits per heavy atom. The standard InChI is InChI=1S/C11H12FNO3/c1-7-2-3-9(12)8(4-7)10(13-6-14)5-11(15)16/h2-4,6,10H,5H2,1H3,(H,13,14)(H,15,16). The highest BCUT2D eigenvalue weighted by atomic mass is 19.1. The highest BCUT2D eigenvalue weighted by molar-refractivity contribution is 5.68. The minimum absolute atomic E-state index is 0.189. The second kappa shape index (κ2) is 5.25. The fourth-order valence-corrected chi connectivity index (χ4v) is 1.45. The van der Waals surface area contributed by atoms with Crippen molar-refractivity contribution < 1.29 is 19.1 Å². The smallest absolute Gasteiger partial charge is 0.305 e. The molecule has 1 rings (SSSR count). The second-order valence-electron chi connectivity index (χ2n) is 3.46. The van der Waals surface area contributed by atoms with Gasteiger partial charge in [0.05, 0.1) is 12.5 Å². The molecule has 0 heterocycles. The average Bonchev–Trinajstić information content (AvgIpc) is 2.20. The minimum atomic E-state index is -1.10. The summed E-state index contributed by atoms with van der Waals surface area (Å²) in [5.41, 5.74) is 0.994. The maximum absolute atomic E-state index is 13.4. The van der Waals surface area contributed by atoms with Gasteiger partial charge in [-0.2, -0.15) is 0 Å². The predicted octanol–water partition coefficient (Wildman–Crippen LogP) is 1.40. The quantitative estimate of drug-likeness (QED) is 0.744. The van der Waals surface area contributed by atoms with Crippen LogP contribution in [0.15, 0.2) is 18.2 Å². The minimum Gasteiger partial charge on any atom is -0.481 e.